The average Bonchev–Trinajstić information content (AvgIpc) is 2.04. The van der Waals surface area contributed by atoms with Crippen molar-refractivity contribution >= 4 is 11.9 Å². The second kappa shape index (κ2) is 3.84. The van der Waals surface area contributed by atoms with Crippen LogP contribution in [0.5, 0.6) is 0 Å². The molecular formula is C8H11N3O2. The maximum Gasteiger partial charge on any atom is 0.312 e. The lowest BCUT2D eigenvalue weighted by Gasteiger charge is -2.08. The van der Waals surface area contributed by atoms with Crippen molar-refractivity contribution in [2.75, 3.05) is 5.73 Å². The van der Waals surface area contributed by atoms with Gasteiger partial charge in [-0.3, -0.25) is 4.79 Å². The molecule has 70 valence electrons. The monoisotopic (exact) mass is 181 g/mol. The van der Waals surface area contributed by atoms with Crippen LogP contribution < -0.4 is 5.73 Å². The maximum atomic E-state index is 10.7. The van der Waals surface area contributed by atoms with E-state index in [1.165, 1.54) is 6.20 Å². The molecule has 0 aliphatic rings. The predicted molar refractivity (Wildman–Crippen MR) is 47.1 cm³/mol. The number of rotatable bonds is 3. The Bertz CT molecular complexity index is 314. The quantitative estimate of drug-likeness (QED) is 0.714. The van der Waals surface area contributed by atoms with E-state index in [0.29, 0.717) is 12.1 Å². The molecular weight excluding hydrogens is 170 g/mol. The van der Waals surface area contributed by atoms with Crippen LogP contribution in [-0.4, -0.2) is 21.0 Å². The third-order valence-electron chi connectivity index (χ3n) is 1.76. The molecule has 0 aliphatic heterocycles. The summed E-state index contributed by atoms with van der Waals surface area (Å²) < 4.78 is 0. The van der Waals surface area contributed by atoms with Crippen LogP contribution >= 0.6 is 0 Å². The highest BCUT2D eigenvalue weighted by atomic mass is 16.4. The summed E-state index contributed by atoms with van der Waals surface area (Å²) in [5.41, 5.74) is 5.80. The fraction of sp³-hybridized carbons (Fsp3) is 0.375. The molecule has 1 aromatic heterocycles. The topological polar surface area (TPSA) is 89.1 Å². The van der Waals surface area contributed by atoms with Crippen LogP contribution in [0, 0.1) is 0 Å². The third kappa shape index (κ3) is 2.14. The summed E-state index contributed by atoms with van der Waals surface area (Å²) in [6.45, 7) is 1.79. The molecule has 0 fully saturated rings. The number of carboxylic acids is 1. The fourth-order valence-electron chi connectivity index (χ4n) is 1.09. The standard InChI is InChI=1S/C8H11N3O2/c1-2-5(7(12)13)6-3-4-10-8(9)11-6/h3-5H,2H2,1H3,(H,12,13)(H2,9,10,11). The Hall–Kier alpha value is -1.65. The molecule has 1 atom stereocenters. The van der Waals surface area contributed by atoms with Crippen molar-refractivity contribution < 1.29 is 9.90 Å². The lowest BCUT2D eigenvalue weighted by Crippen LogP contribution is -2.13. The molecule has 0 amide bonds. The fourth-order valence-corrected chi connectivity index (χ4v) is 1.09. The molecule has 5 heteroatoms. The van der Waals surface area contributed by atoms with Crippen LogP contribution in [-0.2, 0) is 4.79 Å². The van der Waals surface area contributed by atoms with Crippen LogP contribution in [0.15, 0.2) is 12.3 Å². The summed E-state index contributed by atoms with van der Waals surface area (Å²) in [4.78, 5) is 18.3. The van der Waals surface area contributed by atoms with E-state index in [9.17, 15) is 4.79 Å². The second-order valence-corrected chi connectivity index (χ2v) is 2.64. The number of hydrogen-bond acceptors (Lipinski definition) is 4. The Kier molecular flexibility index (Phi) is 2.79. The number of carboxylic acid groups (broad SMARTS) is 1. The minimum atomic E-state index is -0.888. The van der Waals surface area contributed by atoms with Crippen molar-refractivity contribution in [3.8, 4) is 0 Å². The predicted octanol–water partition coefficient (Wildman–Crippen LogP) is 0.637. The van der Waals surface area contributed by atoms with Gasteiger partial charge in [-0.1, -0.05) is 6.92 Å². The molecule has 3 N–H and O–H groups in total. The number of hydrogen-bond donors (Lipinski definition) is 2. The summed E-state index contributed by atoms with van der Waals surface area (Å²) >= 11 is 0. The molecule has 0 saturated heterocycles. The van der Waals surface area contributed by atoms with Gasteiger partial charge in [-0.2, -0.15) is 0 Å². The van der Waals surface area contributed by atoms with E-state index >= 15 is 0 Å². The summed E-state index contributed by atoms with van der Waals surface area (Å²) in [5.74, 6) is -1.37. The molecule has 1 aromatic rings. The highest BCUT2D eigenvalue weighted by molar-refractivity contribution is 5.75. The molecule has 1 rings (SSSR count). The SMILES string of the molecule is CCC(C(=O)O)c1ccnc(N)n1. The highest BCUT2D eigenvalue weighted by Gasteiger charge is 2.18. The molecule has 1 unspecified atom stereocenters. The van der Waals surface area contributed by atoms with E-state index in [0.717, 1.165) is 0 Å². The van der Waals surface area contributed by atoms with Gasteiger partial charge in [0.05, 0.1) is 11.6 Å². The smallest absolute Gasteiger partial charge is 0.312 e. The number of anilines is 1. The summed E-state index contributed by atoms with van der Waals surface area (Å²) in [7, 11) is 0. The van der Waals surface area contributed by atoms with Crippen molar-refractivity contribution in [1.82, 2.24) is 9.97 Å². The molecule has 5 nitrogen and oxygen atoms in total. The zero-order chi connectivity index (χ0) is 9.84. The average molecular weight is 181 g/mol. The molecule has 0 aliphatic carbocycles. The second-order valence-electron chi connectivity index (χ2n) is 2.64. The zero-order valence-electron chi connectivity index (χ0n) is 7.27. The van der Waals surface area contributed by atoms with E-state index < -0.39 is 11.9 Å². The number of carbonyl (C=O) groups is 1. The summed E-state index contributed by atoms with van der Waals surface area (Å²) in [6, 6.07) is 1.57. The van der Waals surface area contributed by atoms with Crippen molar-refractivity contribution in [3.05, 3.63) is 18.0 Å². The van der Waals surface area contributed by atoms with Gasteiger partial charge in [0.15, 0.2) is 0 Å². The number of nitrogens with zero attached hydrogens (tertiary/aromatic N) is 2. The molecule has 13 heavy (non-hydrogen) atoms. The molecule has 0 bridgehead atoms. The summed E-state index contributed by atoms with van der Waals surface area (Å²) in [6.07, 6.45) is 1.95. The Labute approximate surface area is 75.6 Å². The number of aliphatic carboxylic acids is 1. The van der Waals surface area contributed by atoms with Crippen LogP contribution in [0.2, 0.25) is 0 Å². The first-order valence-electron chi connectivity index (χ1n) is 3.96. The van der Waals surface area contributed by atoms with E-state index in [1.807, 2.05) is 0 Å². The summed E-state index contributed by atoms with van der Waals surface area (Å²) in [5, 5.41) is 8.82. The normalized spacial score (nSPS) is 12.4. The van der Waals surface area contributed by atoms with Gasteiger partial charge in [-0.15, -0.1) is 0 Å². The van der Waals surface area contributed by atoms with Gasteiger partial charge in [-0.05, 0) is 12.5 Å². The molecule has 1 heterocycles. The van der Waals surface area contributed by atoms with Crippen molar-refractivity contribution in [1.29, 1.82) is 0 Å². The highest BCUT2D eigenvalue weighted by Crippen LogP contribution is 2.17. The molecule has 0 spiro atoms. The van der Waals surface area contributed by atoms with Gasteiger partial charge in [0.1, 0.15) is 0 Å². The van der Waals surface area contributed by atoms with Crippen LogP contribution in [0.3, 0.4) is 0 Å². The van der Waals surface area contributed by atoms with E-state index in [1.54, 1.807) is 13.0 Å². The zero-order valence-corrected chi connectivity index (χ0v) is 7.27. The van der Waals surface area contributed by atoms with Gasteiger partial charge >= 0.3 is 5.97 Å². The van der Waals surface area contributed by atoms with Crippen molar-refractivity contribution in [3.63, 3.8) is 0 Å². The van der Waals surface area contributed by atoms with Gasteiger partial charge in [0, 0.05) is 6.20 Å². The lowest BCUT2D eigenvalue weighted by molar-refractivity contribution is -0.138. The Morgan fingerprint density at radius 2 is 2.46 bits per heavy atom. The number of nitrogens with two attached hydrogens (primary N) is 1. The minimum absolute atomic E-state index is 0.109. The van der Waals surface area contributed by atoms with E-state index in [4.69, 9.17) is 10.8 Å². The molecule has 0 radical (unpaired) electrons. The Morgan fingerprint density at radius 1 is 1.77 bits per heavy atom. The van der Waals surface area contributed by atoms with E-state index in [2.05, 4.69) is 9.97 Å². The van der Waals surface area contributed by atoms with Crippen LogP contribution in [0.25, 0.3) is 0 Å². The van der Waals surface area contributed by atoms with Gasteiger partial charge in [0.2, 0.25) is 5.95 Å². The first-order valence-corrected chi connectivity index (χ1v) is 3.96. The first-order chi connectivity index (χ1) is 6.15. The minimum Gasteiger partial charge on any atom is -0.481 e. The van der Waals surface area contributed by atoms with E-state index in [-0.39, 0.29) is 5.95 Å². The third-order valence-corrected chi connectivity index (χ3v) is 1.76. The first kappa shape index (κ1) is 9.44. The Morgan fingerprint density at radius 3 is 2.92 bits per heavy atom. The molecule has 0 aromatic carbocycles. The number of aromatic nitrogens is 2. The van der Waals surface area contributed by atoms with Crippen LogP contribution in [0.1, 0.15) is 25.0 Å². The maximum absolute atomic E-state index is 10.7. The molecule has 0 saturated carbocycles. The Balaban J connectivity index is 2.98. The lowest BCUT2D eigenvalue weighted by atomic mass is 10.0. The van der Waals surface area contributed by atoms with Crippen LogP contribution in [0.4, 0.5) is 5.95 Å². The van der Waals surface area contributed by atoms with Crippen molar-refractivity contribution in [2.45, 2.75) is 19.3 Å². The van der Waals surface area contributed by atoms with Gasteiger partial charge < -0.3 is 10.8 Å². The van der Waals surface area contributed by atoms with Crippen molar-refractivity contribution in [2.24, 2.45) is 0 Å². The van der Waals surface area contributed by atoms with Gasteiger partial charge in [-0.25, -0.2) is 9.97 Å². The van der Waals surface area contributed by atoms with Gasteiger partial charge in [0.25, 0.3) is 0 Å². The number of nitrogen functional groups attached to an aromatic ring is 1. The largest absolute Gasteiger partial charge is 0.481 e.